The average Bonchev–Trinajstić information content (AvgIpc) is 2.78. The van der Waals surface area contributed by atoms with Crippen molar-refractivity contribution in [3.05, 3.63) is 28.3 Å². The van der Waals surface area contributed by atoms with Crippen molar-refractivity contribution < 1.29 is 4.74 Å². The fourth-order valence-corrected chi connectivity index (χ4v) is 2.85. The molecule has 1 aromatic carbocycles. The van der Waals surface area contributed by atoms with Gasteiger partial charge in [0, 0.05) is 23.8 Å². The molecule has 0 bridgehead atoms. The summed E-state index contributed by atoms with van der Waals surface area (Å²) in [6, 6.07) is 2.74. The first-order valence-corrected chi connectivity index (χ1v) is 6.48. The van der Waals surface area contributed by atoms with Crippen LogP contribution in [0.25, 0.3) is 0 Å². The van der Waals surface area contributed by atoms with Gasteiger partial charge in [0.05, 0.1) is 12.6 Å². The Morgan fingerprint density at radius 3 is 3.00 bits per heavy atom. The molecule has 0 N–H and O–H groups in total. The zero-order valence-corrected chi connectivity index (χ0v) is 10.8. The topological polar surface area (TPSA) is 21.6 Å². The number of benzene rings is 1. The molecule has 2 aliphatic rings. The highest BCUT2D eigenvalue weighted by Crippen LogP contribution is 2.36. The van der Waals surface area contributed by atoms with E-state index < -0.39 is 0 Å². The summed E-state index contributed by atoms with van der Waals surface area (Å²) in [6.07, 6.45) is 4.20. The number of ether oxygens (including phenoxy) is 1. The SMILES string of the molecule is Cc1cc2c(c3c1OCC3)C=NC(C(C)C)C2. The van der Waals surface area contributed by atoms with Gasteiger partial charge >= 0.3 is 0 Å². The van der Waals surface area contributed by atoms with Crippen LogP contribution in [-0.4, -0.2) is 18.9 Å². The van der Waals surface area contributed by atoms with E-state index in [0.717, 1.165) is 25.2 Å². The summed E-state index contributed by atoms with van der Waals surface area (Å²) in [6.45, 7) is 7.47. The summed E-state index contributed by atoms with van der Waals surface area (Å²) in [7, 11) is 0. The van der Waals surface area contributed by atoms with Gasteiger partial charge < -0.3 is 4.74 Å². The summed E-state index contributed by atoms with van der Waals surface area (Å²) in [5.74, 6) is 1.72. The van der Waals surface area contributed by atoms with Gasteiger partial charge in [-0.25, -0.2) is 0 Å². The average molecular weight is 229 g/mol. The Labute approximate surface area is 103 Å². The van der Waals surface area contributed by atoms with E-state index >= 15 is 0 Å². The molecule has 0 saturated carbocycles. The monoisotopic (exact) mass is 229 g/mol. The molecule has 2 heteroatoms. The van der Waals surface area contributed by atoms with Crippen molar-refractivity contribution in [3.63, 3.8) is 0 Å². The van der Waals surface area contributed by atoms with E-state index in [9.17, 15) is 0 Å². The van der Waals surface area contributed by atoms with E-state index in [2.05, 4.69) is 33.1 Å². The quantitative estimate of drug-likeness (QED) is 0.725. The van der Waals surface area contributed by atoms with Crippen LogP contribution in [0.2, 0.25) is 0 Å². The Morgan fingerprint density at radius 2 is 2.24 bits per heavy atom. The highest BCUT2D eigenvalue weighted by atomic mass is 16.5. The first-order valence-electron chi connectivity index (χ1n) is 6.48. The Hall–Kier alpha value is -1.31. The highest BCUT2D eigenvalue weighted by molar-refractivity contribution is 5.87. The Bertz CT molecular complexity index is 488. The van der Waals surface area contributed by atoms with E-state index in [-0.39, 0.29) is 0 Å². The normalized spacial score (nSPS) is 21.3. The van der Waals surface area contributed by atoms with Crippen LogP contribution >= 0.6 is 0 Å². The lowest BCUT2D eigenvalue weighted by atomic mass is 9.87. The van der Waals surface area contributed by atoms with Crippen LogP contribution in [0.15, 0.2) is 11.1 Å². The molecule has 1 unspecified atom stereocenters. The number of aliphatic imine (C=N–C) groups is 1. The van der Waals surface area contributed by atoms with Crippen LogP contribution in [0.1, 0.15) is 36.1 Å². The van der Waals surface area contributed by atoms with Gasteiger partial charge in [0.15, 0.2) is 0 Å². The van der Waals surface area contributed by atoms with Crippen molar-refractivity contribution in [2.75, 3.05) is 6.61 Å². The molecular formula is C15H19NO. The highest BCUT2D eigenvalue weighted by Gasteiger charge is 2.25. The zero-order valence-electron chi connectivity index (χ0n) is 10.8. The van der Waals surface area contributed by atoms with Crippen LogP contribution < -0.4 is 4.74 Å². The van der Waals surface area contributed by atoms with Crippen molar-refractivity contribution >= 4 is 6.21 Å². The van der Waals surface area contributed by atoms with Gasteiger partial charge in [-0.2, -0.15) is 0 Å². The van der Waals surface area contributed by atoms with Gasteiger partial charge in [-0.3, -0.25) is 4.99 Å². The Kier molecular flexibility index (Phi) is 2.46. The number of nitrogens with zero attached hydrogens (tertiary/aromatic N) is 1. The van der Waals surface area contributed by atoms with Gasteiger partial charge in [0.2, 0.25) is 0 Å². The zero-order chi connectivity index (χ0) is 12.0. The largest absolute Gasteiger partial charge is 0.493 e. The van der Waals surface area contributed by atoms with E-state index in [1.807, 2.05) is 0 Å². The minimum absolute atomic E-state index is 0.447. The predicted molar refractivity (Wildman–Crippen MR) is 70.3 cm³/mol. The summed E-state index contributed by atoms with van der Waals surface area (Å²) < 4.78 is 5.71. The minimum atomic E-state index is 0.447. The van der Waals surface area contributed by atoms with Crippen LogP contribution in [0.3, 0.4) is 0 Å². The predicted octanol–water partition coefficient (Wildman–Crippen LogP) is 2.93. The van der Waals surface area contributed by atoms with Crippen molar-refractivity contribution in [1.82, 2.24) is 0 Å². The van der Waals surface area contributed by atoms with Crippen molar-refractivity contribution in [3.8, 4) is 5.75 Å². The molecule has 2 aliphatic heterocycles. The van der Waals surface area contributed by atoms with Crippen molar-refractivity contribution in [1.29, 1.82) is 0 Å². The molecule has 1 atom stereocenters. The first-order chi connectivity index (χ1) is 8.16. The summed E-state index contributed by atoms with van der Waals surface area (Å²) in [5.41, 5.74) is 5.46. The maximum absolute atomic E-state index is 5.71. The minimum Gasteiger partial charge on any atom is -0.493 e. The third-order valence-corrected chi connectivity index (χ3v) is 3.89. The fraction of sp³-hybridized carbons (Fsp3) is 0.533. The number of fused-ring (bicyclic) bond motifs is 3. The fourth-order valence-electron chi connectivity index (χ4n) is 2.85. The van der Waals surface area contributed by atoms with Crippen LogP contribution in [-0.2, 0) is 12.8 Å². The molecule has 17 heavy (non-hydrogen) atoms. The molecule has 0 aliphatic carbocycles. The van der Waals surface area contributed by atoms with Gasteiger partial charge in [-0.15, -0.1) is 0 Å². The molecule has 0 aromatic heterocycles. The van der Waals surface area contributed by atoms with E-state index in [0.29, 0.717) is 12.0 Å². The first kappa shape index (κ1) is 10.8. The molecule has 1 aromatic rings. The molecule has 0 radical (unpaired) electrons. The second-order valence-corrected chi connectivity index (χ2v) is 5.47. The van der Waals surface area contributed by atoms with Crippen molar-refractivity contribution in [2.24, 2.45) is 10.9 Å². The molecule has 3 rings (SSSR count). The summed E-state index contributed by atoms with van der Waals surface area (Å²) >= 11 is 0. The Balaban J connectivity index is 2.08. The van der Waals surface area contributed by atoms with E-state index in [1.165, 1.54) is 22.3 Å². The number of rotatable bonds is 1. The molecule has 0 spiro atoms. The van der Waals surface area contributed by atoms with E-state index in [1.54, 1.807) is 0 Å². The molecule has 2 heterocycles. The maximum atomic E-state index is 5.71. The molecule has 90 valence electrons. The maximum Gasteiger partial charge on any atom is 0.126 e. The van der Waals surface area contributed by atoms with Crippen LogP contribution in [0.4, 0.5) is 0 Å². The van der Waals surface area contributed by atoms with Gasteiger partial charge in [0.25, 0.3) is 0 Å². The second kappa shape index (κ2) is 3.86. The van der Waals surface area contributed by atoms with Crippen molar-refractivity contribution in [2.45, 2.75) is 39.7 Å². The van der Waals surface area contributed by atoms with E-state index in [4.69, 9.17) is 9.73 Å². The second-order valence-electron chi connectivity index (χ2n) is 5.47. The lowest BCUT2D eigenvalue weighted by Crippen LogP contribution is -2.21. The lowest BCUT2D eigenvalue weighted by Gasteiger charge is -2.23. The molecule has 0 saturated heterocycles. The Morgan fingerprint density at radius 1 is 1.41 bits per heavy atom. The summed E-state index contributed by atoms with van der Waals surface area (Å²) in [4.78, 5) is 4.70. The van der Waals surface area contributed by atoms with Crippen LogP contribution in [0.5, 0.6) is 5.75 Å². The third-order valence-electron chi connectivity index (χ3n) is 3.89. The van der Waals surface area contributed by atoms with Gasteiger partial charge in [-0.05, 0) is 30.4 Å². The molecule has 0 amide bonds. The molecular weight excluding hydrogens is 210 g/mol. The standard InChI is InChI=1S/C15H19NO/c1-9(2)14-7-11-6-10(3)15-12(4-5-17-15)13(11)8-16-14/h6,8-9,14H,4-5,7H2,1-3H3. The molecule has 2 nitrogen and oxygen atoms in total. The molecule has 0 fully saturated rings. The lowest BCUT2D eigenvalue weighted by molar-refractivity contribution is 0.354. The van der Waals surface area contributed by atoms with Crippen LogP contribution in [0, 0.1) is 12.8 Å². The van der Waals surface area contributed by atoms with Gasteiger partial charge in [0.1, 0.15) is 5.75 Å². The number of hydrogen-bond donors (Lipinski definition) is 0. The smallest absolute Gasteiger partial charge is 0.126 e. The van der Waals surface area contributed by atoms with Gasteiger partial charge in [-0.1, -0.05) is 19.9 Å². The number of aryl methyl sites for hydroxylation is 1. The summed E-state index contributed by atoms with van der Waals surface area (Å²) in [5, 5.41) is 0. The number of hydrogen-bond acceptors (Lipinski definition) is 2. The third kappa shape index (κ3) is 1.67.